The van der Waals surface area contributed by atoms with Crippen molar-refractivity contribution in [3.8, 4) is 10.4 Å². The van der Waals surface area contributed by atoms with Gasteiger partial charge in [-0.05, 0) is 44.5 Å². The van der Waals surface area contributed by atoms with Crippen LogP contribution in [0.1, 0.15) is 36.9 Å². The highest BCUT2D eigenvalue weighted by molar-refractivity contribution is 7.18. The standard InChI is InChI=1S/C22H25F3N4O4S/c1-21(2,3)33-20(32)29-10-14(9-22(24,25)11-29)27-18(30)17-15(28-19(26)31)8-16(34-17)12-5-4-6-13(23)7-12/h4-8,14H,9-11H2,1-3H3,(H,27,30)(H3,26,28,31)/t14-/m0/s1. The molecule has 3 rings (SSSR count). The summed E-state index contributed by atoms with van der Waals surface area (Å²) in [6.45, 7) is 3.84. The van der Waals surface area contributed by atoms with Gasteiger partial charge in [-0.15, -0.1) is 11.3 Å². The molecule has 0 bridgehead atoms. The summed E-state index contributed by atoms with van der Waals surface area (Å²) in [6.07, 6.45) is -1.59. The predicted octanol–water partition coefficient (Wildman–Crippen LogP) is 4.42. The van der Waals surface area contributed by atoms with E-state index in [0.717, 1.165) is 16.2 Å². The molecule has 12 heteroatoms. The first-order chi connectivity index (χ1) is 15.7. The third-order valence-corrected chi connectivity index (χ3v) is 5.88. The molecule has 0 unspecified atom stereocenters. The quantitative estimate of drug-likeness (QED) is 0.579. The molecule has 2 aromatic rings. The van der Waals surface area contributed by atoms with Gasteiger partial charge in [0.05, 0.1) is 18.3 Å². The molecule has 1 fully saturated rings. The number of urea groups is 1. The van der Waals surface area contributed by atoms with Crippen LogP contribution in [0.25, 0.3) is 10.4 Å². The number of alkyl halides is 2. The topological polar surface area (TPSA) is 114 Å². The van der Waals surface area contributed by atoms with Crippen LogP contribution in [0.5, 0.6) is 0 Å². The maximum atomic E-state index is 14.4. The molecular weight excluding hydrogens is 473 g/mol. The van der Waals surface area contributed by atoms with E-state index in [4.69, 9.17) is 10.5 Å². The largest absolute Gasteiger partial charge is 0.444 e. The van der Waals surface area contributed by atoms with Crippen LogP contribution in [0, 0.1) is 5.82 Å². The highest BCUT2D eigenvalue weighted by atomic mass is 32.1. The van der Waals surface area contributed by atoms with Crippen molar-refractivity contribution in [2.75, 3.05) is 18.4 Å². The summed E-state index contributed by atoms with van der Waals surface area (Å²) >= 11 is 0.933. The molecule has 1 aromatic heterocycles. The number of amides is 4. The van der Waals surface area contributed by atoms with Crippen LogP contribution in [0.2, 0.25) is 0 Å². The average Bonchev–Trinajstić information content (AvgIpc) is 3.08. The minimum atomic E-state index is -3.25. The van der Waals surface area contributed by atoms with Gasteiger partial charge < -0.3 is 26.0 Å². The number of hydrogen-bond acceptors (Lipinski definition) is 5. The first-order valence-corrected chi connectivity index (χ1v) is 11.2. The molecule has 0 spiro atoms. The van der Waals surface area contributed by atoms with Gasteiger partial charge in [-0.25, -0.2) is 22.8 Å². The highest BCUT2D eigenvalue weighted by Gasteiger charge is 2.44. The van der Waals surface area contributed by atoms with Gasteiger partial charge in [0.15, 0.2) is 0 Å². The van der Waals surface area contributed by atoms with Gasteiger partial charge in [0.1, 0.15) is 16.3 Å². The third-order valence-electron chi connectivity index (χ3n) is 4.70. The molecular formula is C22H25F3N4O4S. The van der Waals surface area contributed by atoms with E-state index in [1.807, 2.05) is 0 Å². The van der Waals surface area contributed by atoms with Gasteiger partial charge in [0.2, 0.25) is 0 Å². The molecule has 1 aliphatic rings. The third kappa shape index (κ3) is 6.62. The van der Waals surface area contributed by atoms with Crippen LogP contribution in [0.15, 0.2) is 30.3 Å². The lowest BCUT2D eigenvalue weighted by molar-refractivity contribution is -0.0773. The normalized spacial score (nSPS) is 17.7. The summed E-state index contributed by atoms with van der Waals surface area (Å²) in [6, 6.07) is 5.05. The molecule has 1 atom stereocenters. The fraction of sp³-hybridized carbons (Fsp3) is 0.409. The van der Waals surface area contributed by atoms with Crippen molar-refractivity contribution in [1.29, 1.82) is 0 Å². The van der Waals surface area contributed by atoms with Crippen LogP contribution in [0.3, 0.4) is 0 Å². The number of thiophene rings is 1. The number of primary amides is 1. The van der Waals surface area contributed by atoms with E-state index in [0.29, 0.717) is 10.4 Å². The molecule has 1 saturated heterocycles. The van der Waals surface area contributed by atoms with Crippen LogP contribution in [-0.4, -0.2) is 53.6 Å². The Labute approximate surface area is 198 Å². The number of likely N-dealkylation sites (tertiary alicyclic amines) is 1. The fourth-order valence-corrected chi connectivity index (χ4v) is 4.49. The minimum absolute atomic E-state index is 0.00392. The highest BCUT2D eigenvalue weighted by Crippen LogP contribution is 2.36. The number of nitrogens with two attached hydrogens (primary N) is 1. The van der Waals surface area contributed by atoms with Crippen LogP contribution in [0.4, 0.5) is 28.4 Å². The number of nitrogens with zero attached hydrogens (tertiary/aromatic N) is 1. The number of ether oxygens (including phenoxy) is 1. The first-order valence-electron chi connectivity index (χ1n) is 10.4. The van der Waals surface area contributed by atoms with Crippen LogP contribution >= 0.6 is 11.3 Å². The van der Waals surface area contributed by atoms with E-state index in [9.17, 15) is 27.6 Å². The van der Waals surface area contributed by atoms with Gasteiger partial charge in [0, 0.05) is 17.8 Å². The van der Waals surface area contributed by atoms with E-state index >= 15 is 0 Å². The SMILES string of the molecule is CC(C)(C)OC(=O)N1C[C@@H](NC(=O)c2sc(-c3cccc(F)c3)cc2NC(N)=O)CC(F)(F)C1. The minimum Gasteiger partial charge on any atom is -0.444 e. The Morgan fingerprint density at radius 3 is 2.56 bits per heavy atom. The zero-order chi connectivity index (χ0) is 25.3. The number of benzene rings is 1. The second-order valence-corrected chi connectivity index (χ2v) is 10.00. The monoisotopic (exact) mass is 498 g/mol. The first kappa shape index (κ1) is 25.3. The lowest BCUT2D eigenvalue weighted by atomic mass is 10.0. The smallest absolute Gasteiger partial charge is 0.410 e. The number of piperidine rings is 1. The fourth-order valence-electron chi connectivity index (χ4n) is 3.48. The lowest BCUT2D eigenvalue weighted by Crippen LogP contribution is -2.57. The summed E-state index contributed by atoms with van der Waals surface area (Å²) < 4.78 is 47.5. The molecule has 8 nitrogen and oxygen atoms in total. The Morgan fingerprint density at radius 1 is 1.24 bits per heavy atom. The molecule has 0 aliphatic carbocycles. The zero-order valence-electron chi connectivity index (χ0n) is 18.8. The molecule has 0 saturated carbocycles. The number of nitrogens with one attached hydrogen (secondary N) is 2. The Kier molecular flexibility index (Phi) is 7.10. The number of halogens is 3. The van der Waals surface area contributed by atoms with Crippen LogP contribution in [-0.2, 0) is 4.74 Å². The Hall–Kier alpha value is -3.28. The molecule has 4 amide bonds. The second-order valence-electron chi connectivity index (χ2n) is 8.94. The summed E-state index contributed by atoms with van der Waals surface area (Å²) in [4.78, 5) is 38.1. The number of hydrogen-bond donors (Lipinski definition) is 3. The second kappa shape index (κ2) is 9.53. The lowest BCUT2D eigenvalue weighted by Gasteiger charge is -2.38. The van der Waals surface area contributed by atoms with Crippen molar-refractivity contribution in [3.05, 3.63) is 41.0 Å². The van der Waals surface area contributed by atoms with Crippen molar-refractivity contribution in [2.45, 2.75) is 44.8 Å². The number of carbonyl (C=O) groups is 3. The molecule has 2 heterocycles. The molecule has 0 radical (unpaired) electrons. The van der Waals surface area contributed by atoms with Crippen molar-refractivity contribution in [2.24, 2.45) is 5.73 Å². The summed E-state index contributed by atoms with van der Waals surface area (Å²) in [5.41, 5.74) is 4.83. The van der Waals surface area contributed by atoms with Crippen LogP contribution < -0.4 is 16.4 Å². The average molecular weight is 499 g/mol. The predicted molar refractivity (Wildman–Crippen MR) is 122 cm³/mol. The molecule has 1 aliphatic heterocycles. The summed E-state index contributed by atoms with van der Waals surface area (Å²) in [7, 11) is 0. The summed E-state index contributed by atoms with van der Waals surface area (Å²) in [5.74, 6) is -4.49. The summed E-state index contributed by atoms with van der Waals surface area (Å²) in [5, 5.41) is 4.83. The Balaban J connectivity index is 1.83. The van der Waals surface area contributed by atoms with Gasteiger partial charge >= 0.3 is 12.1 Å². The Morgan fingerprint density at radius 2 is 1.94 bits per heavy atom. The number of rotatable bonds is 4. The molecule has 1 aromatic carbocycles. The van der Waals surface area contributed by atoms with Crippen molar-refractivity contribution >= 4 is 35.1 Å². The number of carbonyl (C=O) groups excluding carboxylic acids is 3. The van der Waals surface area contributed by atoms with E-state index in [2.05, 4.69) is 10.6 Å². The van der Waals surface area contributed by atoms with Crippen molar-refractivity contribution in [1.82, 2.24) is 10.2 Å². The van der Waals surface area contributed by atoms with Gasteiger partial charge in [-0.2, -0.15) is 0 Å². The van der Waals surface area contributed by atoms with Gasteiger partial charge in [0.25, 0.3) is 11.8 Å². The van der Waals surface area contributed by atoms with E-state index < -0.39 is 54.4 Å². The molecule has 184 valence electrons. The van der Waals surface area contributed by atoms with E-state index in [-0.39, 0.29) is 17.1 Å². The van der Waals surface area contributed by atoms with Gasteiger partial charge in [-0.3, -0.25) is 4.79 Å². The Bertz CT molecular complexity index is 1100. The van der Waals surface area contributed by atoms with E-state index in [1.165, 1.54) is 24.3 Å². The molecule has 34 heavy (non-hydrogen) atoms. The van der Waals surface area contributed by atoms with Crippen molar-refractivity contribution < 1.29 is 32.3 Å². The van der Waals surface area contributed by atoms with Gasteiger partial charge in [-0.1, -0.05) is 12.1 Å². The number of anilines is 1. The maximum Gasteiger partial charge on any atom is 0.410 e. The van der Waals surface area contributed by atoms with Crippen molar-refractivity contribution in [3.63, 3.8) is 0 Å². The zero-order valence-corrected chi connectivity index (χ0v) is 19.6. The van der Waals surface area contributed by atoms with E-state index in [1.54, 1.807) is 26.8 Å². The maximum absolute atomic E-state index is 14.4. The molecule has 4 N–H and O–H groups in total.